The number of aromatic hydroxyl groups is 2. The number of esters is 1. The van der Waals surface area contributed by atoms with Crippen LogP contribution in [0.1, 0.15) is 118 Å². The lowest BCUT2D eigenvalue weighted by Gasteiger charge is -2.52. The number of dihydropyridines is 2. The first-order chi connectivity index (χ1) is 35.2. The summed E-state index contributed by atoms with van der Waals surface area (Å²) in [5, 5.41) is 73.4. The number of nitrogens with one attached hydrogen (secondary N) is 4. The monoisotopic (exact) mass is 998 g/mol. The number of hydrogen-bond donors (Lipinski definition) is 10. The topological polar surface area (TPSA) is 241 Å². The van der Waals surface area contributed by atoms with E-state index in [0.717, 1.165) is 67.6 Å². The number of allylic oxidation sites excluding steroid dienone is 5. The summed E-state index contributed by atoms with van der Waals surface area (Å²) < 4.78 is 21.4. The highest BCUT2D eigenvalue weighted by atomic mass is 16.6. The van der Waals surface area contributed by atoms with Gasteiger partial charge >= 0.3 is 5.97 Å². The maximum Gasteiger partial charge on any atom is 0.337 e. The van der Waals surface area contributed by atoms with E-state index in [1.165, 1.54) is 11.6 Å². The number of carbonyl (C=O) groups is 1. The van der Waals surface area contributed by atoms with Gasteiger partial charge in [-0.2, -0.15) is 0 Å². The normalized spacial score (nSPS) is 35.3. The van der Waals surface area contributed by atoms with Crippen LogP contribution in [0.15, 0.2) is 91.6 Å². The molecule has 12 atom stereocenters. The van der Waals surface area contributed by atoms with Gasteiger partial charge in [-0.3, -0.25) is 10.1 Å². The van der Waals surface area contributed by atoms with Crippen LogP contribution in [0.5, 0.6) is 17.2 Å². The Hall–Kier alpha value is -5.58. The molecule has 0 amide bonds. The summed E-state index contributed by atoms with van der Waals surface area (Å²) >= 11 is 0. The zero-order valence-corrected chi connectivity index (χ0v) is 42.2. The molecule has 9 aliphatic rings. The van der Waals surface area contributed by atoms with Gasteiger partial charge in [0.15, 0.2) is 5.43 Å². The van der Waals surface area contributed by atoms with Crippen LogP contribution in [0, 0.1) is 35.0 Å². The molecule has 2 aromatic carbocycles. The third-order valence-corrected chi connectivity index (χ3v) is 19.6. The standard InChI is InChI=1S/C58H71N5O10/c1-4-42(58(70)23-32-9-10-33-25-60-17-15-57(32,33)28-58)55(69)72-45-22-40-51(68)49-44(67)21-35(26-64)71-53(49)50-47-38-14-16-62-54(59)48(38)37(13-7-29-6-11-34(66)20-39(29)41(47)27-65)36-12-8-30-19-46(61-5-2)63-24-31(30)18-43(36)56(45,3)73-52(40)50/h4,6,11,14,19-21,24,32-33,36-37,41,43,45-47,60-66,68,70H,5,7-10,12-13,15-18,22-23,25-28,59H2,1-3H3/b42-4+/t32-,33-,36-,37-,41+,43-,45+,46?,47+,56-,57+,58+/m0/s1. The van der Waals surface area contributed by atoms with Crippen molar-refractivity contribution >= 4 is 16.9 Å². The number of ether oxygens (including phenoxy) is 2. The van der Waals surface area contributed by atoms with Crippen LogP contribution in [0.4, 0.5) is 0 Å². The second kappa shape index (κ2) is 18.1. The van der Waals surface area contributed by atoms with E-state index in [4.69, 9.17) is 19.6 Å². The molecular formula is C58H71N5O10. The molecule has 3 saturated carbocycles. The second-order valence-corrected chi connectivity index (χ2v) is 22.9. The zero-order valence-electron chi connectivity index (χ0n) is 42.2. The molecule has 4 fully saturated rings. The van der Waals surface area contributed by atoms with Gasteiger partial charge in [-0.05, 0) is 178 Å². The molecule has 1 spiro atoms. The fourth-order valence-electron chi connectivity index (χ4n) is 16.4. The molecule has 73 heavy (non-hydrogen) atoms. The van der Waals surface area contributed by atoms with Crippen molar-refractivity contribution in [2.24, 2.45) is 40.7 Å². The Morgan fingerprint density at radius 2 is 1.90 bits per heavy atom. The first-order valence-corrected chi connectivity index (χ1v) is 26.9. The van der Waals surface area contributed by atoms with Gasteiger partial charge in [-0.15, -0.1) is 0 Å². The van der Waals surface area contributed by atoms with Crippen molar-refractivity contribution in [3.8, 4) is 17.2 Å². The Labute approximate surface area is 425 Å². The lowest BCUT2D eigenvalue weighted by atomic mass is 9.61. The van der Waals surface area contributed by atoms with Crippen LogP contribution in [0.2, 0.25) is 0 Å². The van der Waals surface area contributed by atoms with E-state index in [1.54, 1.807) is 25.1 Å². The average Bonchev–Trinajstić information content (AvgIpc) is 3.79. The molecule has 5 aliphatic heterocycles. The fraction of sp³-hybridized carbons (Fsp3) is 0.552. The van der Waals surface area contributed by atoms with Crippen molar-refractivity contribution in [2.75, 3.05) is 32.8 Å². The molecule has 11 N–H and O–H groups in total. The Bertz CT molecular complexity index is 3010. The number of fused-ring (bicyclic) bond motifs is 9. The zero-order chi connectivity index (χ0) is 50.7. The Kier molecular flexibility index (Phi) is 12.0. The fourth-order valence-corrected chi connectivity index (χ4v) is 16.4. The quantitative estimate of drug-likeness (QED) is 0.101. The average molecular weight is 998 g/mol. The highest BCUT2D eigenvalue weighted by Gasteiger charge is 2.63. The first kappa shape index (κ1) is 48.4. The number of aryl methyl sites for hydroxylation is 1. The number of rotatable bonds is 7. The Morgan fingerprint density at radius 1 is 1.07 bits per heavy atom. The molecule has 15 nitrogen and oxygen atoms in total. The maximum absolute atomic E-state index is 15.4. The predicted octanol–water partition coefficient (Wildman–Crippen LogP) is 5.68. The van der Waals surface area contributed by atoms with Crippen molar-refractivity contribution in [1.82, 2.24) is 21.3 Å². The number of hydrogen-bond acceptors (Lipinski definition) is 15. The summed E-state index contributed by atoms with van der Waals surface area (Å²) in [5.41, 5.74) is 10.5. The van der Waals surface area contributed by atoms with Crippen LogP contribution < -0.4 is 37.2 Å². The van der Waals surface area contributed by atoms with Gasteiger partial charge in [0.05, 0.1) is 23.9 Å². The summed E-state index contributed by atoms with van der Waals surface area (Å²) in [4.78, 5) is 30.0. The minimum Gasteiger partial charge on any atom is -0.508 e. The molecular weight excluding hydrogens is 927 g/mol. The van der Waals surface area contributed by atoms with Crippen molar-refractivity contribution < 1.29 is 44.2 Å². The maximum atomic E-state index is 15.4. The number of nitrogens with two attached hydrogens (primary N) is 1. The second-order valence-electron chi connectivity index (χ2n) is 22.9. The lowest BCUT2D eigenvalue weighted by molar-refractivity contribution is -0.171. The molecule has 0 radical (unpaired) electrons. The van der Waals surface area contributed by atoms with Crippen molar-refractivity contribution in [1.29, 1.82) is 0 Å². The third-order valence-electron chi connectivity index (χ3n) is 19.6. The predicted molar refractivity (Wildman–Crippen MR) is 274 cm³/mol. The molecule has 15 heteroatoms. The summed E-state index contributed by atoms with van der Waals surface area (Å²) in [6.45, 7) is 7.81. The summed E-state index contributed by atoms with van der Waals surface area (Å²) in [5.74, 6) is -1.96. The van der Waals surface area contributed by atoms with Gasteiger partial charge in [-0.25, -0.2) is 4.79 Å². The molecule has 6 heterocycles. The van der Waals surface area contributed by atoms with Crippen LogP contribution in [-0.4, -0.2) is 87.8 Å². The molecule has 4 aliphatic carbocycles. The van der Waals surface area contributed by atoms with E-state index in [2.05, 4.69) is 46.5 Å². The van der Waals surface area contributed by atoms with Crippen LogP contribution in [0.25, 0.3) is 11.0 Å². The molecule has 1 aromatic heterocycles. The van der Waals surface area contributed by atoms with E-state index in [-0.39, 0.29) is 86.8 Å². The number of phenols is 2. The van der Waals surface area contributed by atoms with Gasteiger partial charge in [0.25, 0.3) is 0 Å². The Morgan fingerprint density at radius 3 is 2.70 bits per heavy atom. The third kappa shape index (κ3) is 7.44. The highest BCUT2D eigenvalue weighted by Crippen LogP contribution is 2.65. The summed E-state index contributed by atoms with van der Waals surface area (Å²) in [7, 11) is 0. The molecule has 1 unspecified atom stereocenters. The Balaban J connectivity index is 1.11. The van der Waals surface area contributed by atoms with E-state index in [0.29, 0.717) is 67.9 Å². The van der Waals surface area contributed by atoms with Crippen molar-refractivity contribution in [2.45, 2.75) is 133 Å². The van der Waals surface area contributed by atoms with Gasteiger partial charge in [0.2, 0.25) is 0 Å². The van der Waals surface area contributed by atoms with Crippen molar-refractivity contribution in [3.05, 3.63) is 121 Å². The summed E-state index contributed by atoms with van der Waals surface area (Å²) in [6, 6.07) is 6.49. The van der Waals surface area contributed by atoms with Crippen molar-refractivity contribution in [3.63, 3.8) is 0 Å². The number of aliphatic hydroxyl groups excluding tert-OH is 2. The van der Waals surface area contributed by atoms with E-state index >= 15 is 4.79 Å². The number of benzene rings is 2. The molecule has 3 aromatic rings. The van der Waals surface area contributed by atoms with Gasteiger partial charge in [0.1, 0.15) is 58.1 Å². The molecule has 388 valence electrons. The van der Waals surface area contributed by atoms with E-state index in [1.807, 2.05) is 13.0 Å². The van der Waals surface area contributed by atoms with Gasteiger partial charge in [-0.1, -0.05) is 25.1 Å². The van der Waals surface area contributed by atoms with Crippen LogP contribution >= 0.6 is 0 Å². The SMILES string of the molecule is C/C=C(\C(=O)O[C@@H]1Cc2c3c(c4oc(CO)cc(=O)c4c2O)[C@@H]2C4=CCNC(N)=C4[C@@H](CCc4ccc(O)cc4[C@H]2CO)[C@@H]2CCC4=CC(NCC)NC=C4C[C@@H]2[C@]1(C)O3)[C@@]1(O)C[C@@H]2CC[C@H]3CNCC[C@]32C1. The number of carbonyl (C=O) groups excluding carboxylic acids is 1. The van der Waals surface area contributed by atoms with Crippen LogP contribution in [-0.2, 0) is 29.0 Å². The lowest BCUT2D eigenvalue weighted by Crippen LogP contribution is -2.59. The minimum atomic E-state index is -1.41. The van der Waals surface area contributed by atoms with Gasteiger partial charge in [0, 0.05) is 54.1 Å². The smallest absolute Gasteiger partial charge is 0.337 e. The number of piperidine rings is 1. The minimum absolute atomic E-state index is 0.00145. The largest absolute Gasteiger partial charge is 0.508 e. The highest BCUT2D eigenvalue weighted by molar-refractivity contribution is 5.93. The van der Waals surface area contributed by atoms with Crippen LogP contribution in [0.3, 0.4) is 0 Å². The van der Waals surface area contributed by atoms with E-state index in [9.17, 15) is 30.3 Å². The molecule has 12 rings (SSSR count). The van der Waals surface area contributed by atoms with E-state index < -0.39 is 53.8 Å². The molecule has 4 bridgehead atoms. The van der Waals surface area contributed by atoms with Gasteiger partial charge < -0.3 is 61.1 Å². The summed E-state index contributed by atoms with van der Waals surface area (Å²) in [6.07, 6.45) is 14.2. The number of aliphatic hydroxyl groups is 3. The number of phenolic OH excluding ortho intramolecular Hbond substituents is 2. The first-order valence-electron chi connectivity index (χ1n) is 26.9. The molecule has 1 saturated heterocycles. The number of likely N-dealkylation sites (N-methyl/N-ethyl adjacent to an activating group) is 1.